The molecule has 3 aromatic carbocycles. The van der Waals surface area contributed by atoms with Crippen LogP contribution in [0.3, 0.4) is 0 Å². The molecule has 3 heteroatoms. The van der Waals surface area contributed by atoms with Crippen molar-refractivity contribution >= 4 is 0 Å². The zero-order chi connectivity index (χ0) is 33.0. The second-order valence-electron chi connectivity index (χ2n) is 14.6. The molecular weight excluding hydrogens is 585 g/mol. The van der Waals surface area contributed by atoms with E-state index in [2.05, 4.69) is 32.1 Å². The quantitative estimate of drug-likeness (QED) is 0.114. The van der Waals surface area contributed by atoms with Gasteiger partial charge in [-0.15, -0.1) is 0 Å². The minimum absolute atomic E-state index is 0.208. The normalized spacial score (nSPS) is 21.8. The fraction of sp³-hybridized carbons (Fsp3) is 0.545. The number of hydrogen-bond acceptors (Lipinski definition) is 0. The van der Waals surface area contributed by atoms with Crippen molar-refractivity contribution in [3.05, 3.63) is 95.3 Å². The molecule has 2 fully saturated rings. The van der Waals surface area contributed by atoms with Gasteiger partial charge in [0.15, 0.2) is 11.6 Å². The summed E-state index contributed by atoms with van der Waals surface area (Å²) in [5.41, 5.74) is 3.72. The first-order valence-electron chi connectivity index (χ1n) is 19.0. The Morgan fingerprint density at radius 3 is 1.87 bits per heavy atom. The van der Waals surface area contributed by atoms with Crippen molar-refractivity contribution in [1.82, 2.24) is 0 Å². The van der Waals surface area contributed by atoms with Crippen molar-refractivity contribution in [2.24, 2.45) is 17.8 Å². The predicted octanol–water partition coefficient (Wildman–Crippen LogP) is 14.2. The fourth-order valence-corrected chi connectivity index (χ4v) is 8.50. The highest BCUT2D eigenvalue weighted by Gasteiger charge is 2.31. The Kier molecular flexibility index (Phi) is 13.7. The summed E-state index contributed by atoms with van der Waals surface area (Å²) in [7, 11) is 0. The summed E-state index contributed by atoms with van der Waals surface area (Å²) in [6.45, 7) is 4.32. The first-order chi connectivity index (χ1) is 23.0. The Labute approximate surface area is 283 Å². The van der Waals surface area contributed by atoms with Crippen LogP contribution in [0.4, 0.5) is 13.2 Å². The second kappa shape index (κ2) is 18.1. The van der Waals surface area contributed by atoms with Crippen molar-refractivity contribution in [3.8, 4) is 22.3 Å². The van der Waals surface area contributed by atoms with E-state index in [0.29, 0.717) is 29.0 Å². The van der Waals surface area contributed by atoms with Crippen molar-refractivity contribution < 1.29 is 13.2 Å². The largest absolute Gasteiger partial charge is 0.206 e. The van der Waals surface area contributed by atoms with Crippen molar-refractivity contribution in [2.45, 2.75) is 135 Å². The first kappa shape index (κ1) is 35.5. The number of aryl methyl sites for hydroxylation is 1. The molecule has 0 radical (unpaired) electrons. The Morgan fingerprint density at radius 2 is 1.23 bits per heavy atom. The first-order valence-corrected chi connectivity index (χ1v) is 19.0. The molecule has 3 aromatic rings. The standard InChI is InChI=1S/C44H57F3/c1-3-5-7-8-9-10-12-14-38-27-30-41(44(47)43(38)46)37-25-23-36(24-26-37)40-29-28-39(31-42(40)45)35-21-19-34(20-22-35)33-17-15-32(16-18-33)13-11-6-4-2/h4,6,23-35H,3,5,7-22H2,1-2H3. The van der Waals surface area contributed by atoms with E-state index >= 15 is 8.78 Å². The molecular formula is C44H57F3. The molecule has 0 unspecified atom stereocenters. The van der Waals surface area contributed by atoms with E-state index in [1.807, 2.05) is 18.2 Å². The van der Waals surface area contributed by atoms with Crippen molar-refractivity contribution in [1.29, 1.82) is 0 Å². The topological polar surface area (TPSA) is 0 Å². The van der Waals surface area contributed by atoms with Gasteiger partial charge in [0.1, 0.15) is 5.82 Å². The summed E-state index contributed by atoms with van der Waals surface area (Å²) in [5, 5.41) is 0. The average Bonchev–Trinajstić information content (AvgIpc) is 3.10. The molecule has 0 saturated heterocycles. The van der Waals surface area contributed by atoms with Gasteiger partial charge in [-0.1, -0.05) is 119 Å². The van der Waals surface area contributed by atoms with E-state index in [-0.39, 0.29) is 11.4 Å². The molecule has 2 saturated carbocycles. The van der Waals surface area contributed by atoms with Crippen LogP contribution < -0.4 is 0 Å². The van der Waals surface area contributed by atoms with Gasteiger partial charge in [-0.3, -0.25) is 0 Å². The van der Waals surface area contributed by atoms with Crippen LogP contribution in [0.5, 0.6) is 0 Å². The molecule has 0 amide bonds. The Morgan fingerprint density at radius 1 is 0.638 bits per heavy atom. The molecule has 0 atom stereocenters. The average molecular weight is 643 g/mol. The maximum Gasteiger partial charge on any atom is 0.166 e. The van der Waals surface area contributed by atoms with Crippen molar-refractivity contribution in [3.63, 3.8) is 0 Å². The monoisotopic (exact) mass is 642 g/mol. The fourth-order valence-electron chi connectivity index (χ4n) is 8.50. The molecule has 2 aliphatic carbocycles. The third-order valence-electron chi connectivity index (χ3n) is 11.5. The molecule has 0 heterocycles. The van der Waals surface area contributed by atoms with Gasteiger partial charge in [0.05, 0.1) is 0 Å². The van der Waals surface area contributed by atoms with Crippen LogP contribution in [0.1, 0.15) is 140 Å². The molecule has 5 rings (SSSR count). The summed E-state index contributed by atoms with van der Waals surface area (Å²) in [6.07, 6.45) is 26.1. The SMILES string of the molecule is CC=CCCC1CCC(C2CCC(c3ccc(-c4ccc(-c5ccc(CCCCCCCCC)c(F)c5F)cc4)c(F)c3)CC2)CC1. The molecule has 0 aliphatic heterocycles. The van der Waals surface area contributed by atoms with Crippen molar-refractivity contribution in [2.75, 3.05) is 0 Å². The molecule has 47 heavy (non-hydrogen) atoms. The number of hydrogen-bond donors (Lipinski definition) is 0. The van der Waals surface area contributed by atoms with Crippen LogP contribution in [-0.2, 0) is 6.42 Å². The van der Waals surface area contributed by atoms with Gasteiger partial charge in [-0.05, 0) is 123 Å². The molecule has 0 aromatic heterocycles. The lowest BCUT2D eigenvalue weighted by Crippen LogP contribution is -2.25. The van der Waals surface area contributed by atoms with Gasteiger partial charge in [-0.2, -0.15) is 0 Å². The predicted molar refractivity (Wildman–Crippen MR) is 193 cm³/mol. The van der Waals surface area contributed by atoms with E-state index < -0.39 is 11.6 Å². The molecule has 0 bridgehead atoms. The number of halogens is 3. The van der Waals surface area contributed by atoms with E-state index in [0.717, 1.165) is 61.0 Å². The van der Waals surface area contributed by atoms with Gasteiger partial charge in [-0.25, -0.2) is 13.2 Å². The van der Waals surface area contributed by atoms with Gasteiger partial charge < -0.3 is 0 Å². The van der Waals surface area contributed by atoms with Crippen LogP contribution in [0.15, 0.2) is 66.7 Å². The molecule has 0 N–H and O–H groups in total. The van der Waals surface area contributed by atoms with Gasteiger partial charge in [0.2, 0.25) is 0 Å². The highest BCUT2D eigenvalue weighted by molar-refractivity contribution is 5.71. The molecule has 0 spiro atoms. The van der Waals surface area contributed by atoms with Gasteiger partial charge in [0, 0.05) is 11.1 Å². The van der Waals surface area contributed by atoms with Crippen LogP contribution >= 0.6 is 0 Å². The van der Waals surface area contributed by atoms with E-state index in [4.69, 9.17) is 0 Å². The number of allylic oxidation sites excluding steroid dienone is 2. The Bertz CT molecular complexity index is 1400. The summed E-state index contributed by atoms with van der Waals surface area (Å²) in [5.74, 6) is 1.32. The minimum Gasteiger partial charge on any atom is -0.206 e. The summed E-state index contributed by atoms with van der Waals surface area (Å²) in [6, 6.07) is 16.3. The highest BCUT2D eigenvalue weighted by Crippen LogP contribution is 2.45. The van der Waals surface area contributed by atoms with E-state index in [9.17, 15) is 4.39 Å². The van der Waals surface area contributed by atoms with Gasteiger partial charge >= 0.3 is 0 Å². The Balaban J connectivity index is 1.13. The lowest BCUT2D eigenvalue weighted by atomic mass is 9.68. The van der Waals surface area contributed by atoms with Crippen LogP contribution in [-0.4, -0.2) is 0 Å². The number of rotatable bonds is 15. The third-order valence-corrected chi connectivity index (χ3v) is 11.5. The second-order valence-corrected chi connectivity index (χ2v) is 14.6. The number of benzene rings is 3. The third kappa shape index (κ3) is 9.64. The highest BCUT2D eigenvalue weighted by atomic mass is 19.2. The number of unbranched alkanes of at least 4 members (excludes halogenated alkanes) is 6. The van der Waals surface area contributed by atoms with Crippen LogP contribution in [0, 0.1) is 35.2 Å². The molecule has 2 aliphatic rings. The molecule has 254 valence electrons. The smallest absolute Gasteiger partial charge is 0.166 e. The van der Waals surface area contributed by atoms with Gasteiger partial charge in [0.25, 0.3) is 0 Å². The zero-order valence-corrected chi connectivity index (χ0v) is 29.0. The summed E-state index contributed by atoms with van der Waals surface area (Å²) < 4.78 is 45.6. The maximum atomic E-state index is 15.5. The lowest BCUT2D eigenvalue weighted by molar-refractivity contribution is 0.157. The maximum absolute atomic E-state index is 15.5. The summed E-state index contributed by atoms with van der Waals surface area (Å²) in [4.78, 5) is 0. The minimum atomic E-state index is -0.795. The Hall–Kier alpha value is -2.81. The van der Waals surface area contributed by atoms with E-state index in [1.54, 1.807) is 30.3 Å². The molecule has 0 nitrogen and oxygen atoms in total. The van der Waals surface area contributed by atoms with Crippen LogP contribution in [0.2, 0.25) is 0 Å². The zero-order valence-electron chi connectivity index (χ0n) is 29.0. The van der Waals surface area contributed by atoms with E-state index in [1.165, 1.54) is 77.0 Å². The lowest BCUT2D eigenvalue weighted by Gasteiger charge is -2.38. The van der Waals surface area contributed by atoms with Crippen LogP contribution in [0.25, 0.3) is 22.3 Å². The summed E-state index contributed by atoms with van der Waals surface area (Å²) >= 11 is 0.